The lowest BCUT2D eigenvalue weighted by Gasteiger charge is -2.13. The molecule has 2 aromatic rings. The minimum Gasteiger partial charge on any atom is -0.489 e. The fraction of sp³-hybridized carbons (Fsp3) is 0.250. The standard InChI is InChI=1S/C16H16ClF2NO/c1-10(2)21-16-6-5-13(8-14(16)17)20-9-11-3-4-12(18)7-15(11)19/h3-8,10,20H,9H2,1-2H3. The molecule has 0 aliphatic carbocycles. The third-order valence-electron chi connectivity index (χ3n) is 2.79. The topological polar surface area (TPSA) is 21.3 Å². The first-order chi connectivity index (χ1) is 9.95. The highest BCUT2D eigenvalue weighted by Gasteiger charge is 2.07. The second kappa shape index (κ2) is 6.76. The van der Waals surface area contributed by atoms with E-state index in [0.717, 1.165) is 11.8 Å². The van der Waals surface area contributed by atoms with Crippen molar-refractivity contribution >= 4 is 17.3 Å². The van der Waals surface area contributed by atoms with Crippen molar-refractivity contribution in [3.63, 3.8) is 0 Å². The highest BCUT2D eigenvalue weighted by atomic mass is 35.5. The summed E-state index contributed by atoms with van der Waals surface area (Å²) in [6.45, 7) is 4.08. The maximum atomic E-state index is 13.5. The van der Waals surface area contributed by atoms with Crippen LogP contribution in [0.5, 0.6) is 5.75 Å². The molecule has 0 aromatic heterocycles. The van der Waals surface area contributed by atoms with E-state index in [-0.39, 0.29) is 12.6 Å². The van der Waals surface area contributed by atoms with Gasteiger partial charge >= 0.3 is 0 Å². The second-order valence-corrected chi connectivity index (χ2v) is 5.31. The molecule has 0 unspecified atom stereocenters. The minimum atomic E-state index is -0.588. The average molecular weight is 312 g/mol. The van der Waals surface area contributed by atoms with E-state index in [9.17, 15) is 8.78 Å². The van der Waals surface area contributed by atoms with Crippen molar-refractivity contribution in [3.8, 4) is 5.75 Å². The van der Waals surface area contributed by atoms with E-state index in [0.29, 0.717) is 16.3 Å². The second-order valence-electron chi connectivity index (χ2n) is 4.90. The van der Waals surface area contributed by atoms with E-state index in [1.165, 1.54) is 12.1 Å². The van der Waals surface area contributed by atoms with Crippen molar-refractivity contribution in [2.45, 2.75) is 26.5 Å². The number of anilines is 1. The third kappa shape index (κ3) is 4.33. The number of nitrogens with one attached hydrogen (secondary N) is 1. The van der Waals surface area contributed by atoms with Crippen LogP contribution < -0.4 is 10.1 Å². The number of halogens is 3. The van der Waals surface area contributed by atoms with Gasteiger partial charge in [-0.1, -0.05) is 17.7 Å². The van der Waals surface area contributed by atoms with Gasteiger partial charge in [0.25, 0.3) is 0 Å². The lowest BCUT2D eigenvalue weighted by atomic mass is 10.2. The first-order valence-electron chi connectivity index (χ1n) is 6.59. The van der Waals surface area contributed by atoms with Crippen molar-refractivity contribution in [1.82, 2.24) is 0 Å². The van der Waals surface area contributed by atoms with E-state index >= 15 is 0 Å². The first kappa shape index (κ1) is 15.6. The van der Waals surface area contributed by atoms with Crippen LogP contribution in [-0.4, -0.2) is 6.10 Å². The summed E-state index contributed by atoms with van der Waals surface area (Å²) in [5.41, 5.74) is 1.12. The van der Waals surface area contributed by atoms with E-state index in [2.05, 4.69) is 5.32 Å². The molecule has 0 aliphatic heterocycles. The van der Waals surface area contributed by atoms with Gasteiger partial charge in [0.1, 0.15) is 17.4 Å². The summed E-state index contributed by atoms with van der Waals surface area (Å²) in [7, 11) is 0. The fourth-order valence-corrected chi connectivity index (χ4v) is 2.05. The van der Waals surface area contributed by atoms with Gasteiger partial charge in [-0.05, 0) is 38.1 Å². The predicted molar refractivity (Wildman–Crippen MR) is 80.9 cm³/mol. The molecule has 0 radical (unpaired) electrons. The van der Waals surface area contributed by atoms with Gasteiger partial charge in [-0.3, -0.25) is 0 Å². The molecule has 112 valence electrons. The van der Waals surface area contributed by atoms with Crippen LogP contribution in [0.2, 0.25) is 5.02 Å². The molecule has 0 fully saturated rings. The Morgan fingerprint density at radius 3 is 2.52 bits per heavy atom. The largest absolute Gasteiger partial charge is 0.489 e. The molecule has 0 aliphatic rings. The predicted octanol–water partition coefficient (Wildman–Crippen LogP) is 5.02. The van der Waals surface area contributed by atoms with Crippen LogP contribution in [0.1, 0.15) is 19.4 Å². The molecule has 2 rings (SSSR count). The van der Waals surface area contributed by atoms with Gasteiger partial charge in [0.15, 0.2) is 0 Å². The lowest BCUT2D eigenvalue weighted by molar-refractivity contribution is 0.242. The Bertz CT molecular complexity index is 632. The summed E-state index contributed by atoms with van der Waals surface area (Å²) in [6, 6.07) is 8.77. The van der Waals surface area contributed by atoms with Crippen LogP contribution in [0.25, 0.3) is 0 Å². The molecular weight excluding hydrogens is 296 g/mol. The first-order valence-corrected chi connectivity index (χ1v) is 6.97. The molecule has 0 bridgehead atoms. The van der Waals surface area contributed by atoms with Crippen molar-refractivity contribution in [2.24, 2.45) is 0 Å². The van der Waals surface area contributed by atoms with Crippen LogP contribution in [-0.2, 0) is 6.54 Å². The van der Waals surface area contributed by atoms with Gasteiger partial charge in [0.2, 0.25) is 0 Å². The van der Waals surface area contributed by atoms with Crippen molar-refractivity contribution in [3.05, 3.63) is 58.6 Å². The quantitative estimate of drug-likeness (QED) is 0.837. The maximum absolute atomic E-state index is 13.5. The van der Waals surface area contributed by atoms with E-state index in [1.54, 1.807) is 18.2 Å². The fourth-order valence-electron chi connectivity index (χ4n) is 1.82. The molecule has 5 heteroatoms. The summed E-state index contributed by atoms with van der Waals surface area (Å²) in [5, 5.41) is 3.52. The average Bonchev–Trinajstić information content (AvgIpc) is 2.40. The lowest BCUT2D eigenvalue weighted by Crippen LogP contribution is -2.06. The van der Waals surface area contributed by atoms with Gasteiger partial charge in [0, 0.05) is 23.9 Å². The summed E-state index contributed by atoms with van der Waals surface area (Å²) in [5.74, 6) is -0.562. The molecular formula is C16H16ClF2NO. The van der Waals surface area contributed by atoms with Crippen molar-refractivity contribution < 1.29 is 13.5 Å². The zero-order valence-electron chi connectivity index (χ0n) is 11.8. The van der Waals surface area contributed by atoms with Crippen molar-refractivity contribution in [2.75, 3.05) is 5.32 Å². The summed E-state index contributed by atoms with van der Waals surface area (Å²) >= 11 is 6.12. The number of rotatable bonds is 5. The zero-order valence-corrected chi connectivity index (χ0v) is 12.5. The monoisotopic (exact) mass is 311 g/mol. The van der Waals surface area contributed by atoms with E-state index in [1.807, 2.05) is 13.8 Å². The molecule has 2 nitrogen and oxygen atoms in total. The number of benzene rings is 2. The van der Waals surface area contributed by atoms with Crippen LogP contribution in [0, 0.1) is 11.6 Å². The molecule has 0 atom stereocenters. The Morgan fingerprint density at radius 2 is 1.90 bits per heavy atom. The van der Waals surface area contributed by atoms with Gasteiger partial charge in [-0.15, -0.1) is 0 Å². The van der Waals surface area contributed by atoms with E-state index in [4.69, 9.17) is 16.3 Å². The Balaban J connectivity index is 2.05. The Labute approximate surface area is 127 Å². The third-order valence-corrected chi connectivity index (χ3v) is 3.09. The van der Waals surface area contributed by atoms with Crippen LogP contribution in [0.15, 0.2) is 36.4 Å². The Hall–Kier alpha value is -1.81. The van der Waals surface area contributed by atoms with Gasteiger partial charge in [-0.2, -0.15) is 0 Å². The number of hydrogen-bond donors (Lipinski definition) is 1. The molecule has 0 saturated carbocycles. The molecule has 0 amide bonds. The molecule has 0 spiro atoms. The van der Waals surface area contributed by atoms with Gasteiger partial charge in [-0.25, -0.2) is 8.78 Å². The molecule has 1 N–H and O–H groups in total. The summed E-state index contributed by atoms with van der Waals surface area (Å²) in [6.07, 6.45) is 0.0367. The molecule has 0 heterocycles. The van der Waals surface area contributed by atoms with Gasteiger partial charge < -0.3 is 10.1 Å². The molecule has 2 aromatic carbocycles. The van der Waals surface area contributed by atoms with Crippen LogP contribution in [0.4, 0.5) is 14.5 Å². The summed E-state index contributed by atoms with van der Waals surface area (Å²) < 4.78 is 31.9. The zero-order chi connectivity index (χ0) is 15.4. The van der Waals surface area contributed by atoms with Crippen molar-refractivity contribution in [1.29, 1.82) is 0 Å². The van der Waals surface area contributed by atoms with Crippen LogP contribution >= 0.6 is 11.6 Å². The summed E-state index contributed by atoms with van der Waals surface area (Å²) in [4.78, 5) is 0. The van der Waals surface area contributed by atoms with E-state index < -0.39 is 11.6 Å². The van der Waals surface area contributed by atoms with Gasteiger partial charge in [0.05, 0.1) is 11.1 Å². The smallest absolute Gasteiger partial charge is 0.138 e. The highest BCUT2D eigenvalue weighted by Crippen LogP contribution is 2.28. The van der Waals surface area contributed by atoms with Crippen LogP contribution in [0.3, 0.4) is 0 Å². The normalized spacial score (nSPS) is 10.8. The minimum absolute atomic E-state index is 0.0367. The maximum Gasteiger partial charge on any atom is 0.138 e. The molecule has 0 saturated heterocycles. The SMILES string of the molecule is CC(C)Oc1ccc(NCc2ccc(F)cc2F)cc1Cl. The Kier molecular flexibility index (Phi) is 5.02. The number of ether oxygens (including phenoxy) is 1. The number of hydrogen-bond acceptors (Lipinski definition) is 2. The highest BCUT2D eigenvalue weighted by molar-refractivity contribution is 6.32. The Morgan fingerprint density at radius 1 is 1.14 bits per heavy atom. The molecule has 21 heavy (non-hydrogen) atoms.